The number of alkyl halides is 3. The zero-order valence-corrected chi connectivity index (χ0v) is 12.0. The lowest BCUT2D eigenvalue weighted by Gasteiger charge is -2.04. The van der Waals surface area contributed by atoms with E-state index in [-0.39, 0.29) is 16.9 Å². The fourth-order valence-electron chi connectivity index (χ4n) is 1.92. The summed E-state index contributed by atoms with van der Waals surface area (Å²) in [4.78, 5) is 11.0. The number of aldehydes is 1. The molecule has 0 aliphatic carbocycles. The first kappa shape index (κ1) is 15.6. The van der Waals surface area contributed by atoms with Crippen molar-refractivity contribution in [2.45, 2.75) is 17.6 Å². The molecule has 0 aliphatic rings. The predicted octanol–water partition coefficient (Wildman–Crippen LogP) is 3.59. The summed E-state index contributed by atoms with van der Waals surface area (Å²) in [6.45, 7) is 0. The summed E-state index contributed by atoms with van der Waals surface area (Å²) in [5, 5.41) is 3.66. The molecular formula is C14H13F3N2OS. The summed E-state index contributed by atoms with van der Waals surface area (Å²) in [7, 11) is 1.41. The van der Waals surface area contributed by atoms with Gasteiger partial charge in [-0.1, -0.05) is 30.3 Å². The maximum Gasteiger partial charge on any atom is 0.435 e. The first-order valence-corrected chi connectivity index (χ1v) is 7.18. The Hall–Kier alpha value is -1.76. The minimum atomic E-state index is -4.62. The molecule has 0 bridgehead atoms. The fraction of sp³-hybridized carbons (Fsp3) is 0.286. The van der Waals surface area contributed by atoms with Crippen molar-refractivity contribution in [3.05, 3.63) is 47.2 Å². The number of carbonyl (C=O) groups excluding carboxylic acids is 1. The van der Waals surface area contributed by atoms with Crippen molar-refractivity contribution in [2.24, 2.45) is 7.05 Å². The summed E-state index contributed by atoms with van der Waals surface area (Å²) in [5.41, 5.74) is -0.416. The van der Waals surface area contributed by atoms with Gasteiger partial charge in [0.05, 0.1) is 5.56 Å². The highest BCUT2D eigenvalue weighted by Gasteiger charge is 2.38. The number of thioether (sulfide) groups is 1. The Labute approximate surface area is 124 Å². The normalized spacial score (nSPS) is 11.6. The van der Waals surface area contributed by atoms with Crippen molar-refractivity contribution in [1.29, 1.82) is 0 Å². The highest BCUT2D eigenvalue weighted by Crippen LogP contribution is 2.34. The first-order valence-electron chi connectivity index (χ1n) is 6.19. The van der Waals surface area contributed by atoms with E-state index in [1.807, 2.05) is 30.3 Å². The third kappa shape index (κ3) is 3.66. The molecule has 7 heteroatoms. The van der Waals surface area contributed by atoms with Crippen LogP contribution in [0.2, 0.25) is 0 Å². The van der Waals surface area contributed by atoms with Crippen molar-refractivity contribution in [2.75, 3.05) is 5.75 Å². The van der Waals surface area contributed by atoms with E-state index in [1.54, 1.807) is 0 Å². The first-order chi connectivity index (χ1) is 9.93. The second-order valence-electron chi connectivity index (χ2n) is 4.39. The number of halogens is 3. The quantitative estimate of drug-likeness (QED) is 0.625. The van der Waals surface area contributed by atoms with Gasteiger partial charge in [0.2, 0.25) is 0 Å². The number of aryl methyl sites for hydroxylation is 2. The molecule has 0 spiro atoms. The second kappa shape index (κ2) is 6.34. The summed E-state index contributed by atoms with van der Waals surface area (Å²) >= 11 is 1.20. The number of hydrogen-bond acceptors (Lipinski definition) is 3. The zero-order chi connectivity index (χ0) is 15.5. The average Bonchev–Trinajstić information content (AvgIpc) is 2.77. The van der Waals surface area contributed by atoms with Gasteiger partial charge in [0.1, 0.15) is 5.03 Å². The molecule has 0 N–H and O–H groups in total. The molecule has 2 rings (SSSR count). The Morgan fingerprint density at radius 1 is 1.29 bits per heavy atom. The molecule has 1 heterocycles. The Bertz CT molecular complexity index is 623. The van der Waals surface area contributed by atoms with Gasteiger partial charge in [0, 0.05) is 12.8 Å². The highest BCUT2D eigenvalue weighted by molar-refractivity contribution is 7.99. The molecule has 0 unspecified atom stereocenters. The predicted molar refractivity (Wildman–Crippen MR) is 74.5 cm³/mol. The number of aromatic nitrogens is 2. The summed E-state index contributed by atoms with van der Waals surface area (Å²) < 4.78 is 39.4. The van der Waals surface area contributed by atoms with Gasteiger partial charge in [-0.15, -0.1) is 11.8 Å². The van der Waals surface area contributed by atoms with Crippen molar-refractivity contribution in [3.63, 3.8) is 0 Å². The van der Waals surface area contributed by atoms with Crippen LogP contribution in [0.3, 0.4) is 0 Å². The monoisotopic (exact) mass is 314 g/mol. The molecule has 1 aromatic carbocycles. The number of nitrogens with zero attached hydrogens (tertiary/aromatic N) is 2. The second-order valence-corrected chi connectivity index (χ2v) is 5.47. The van der Waals surface area contributed by atoms with E-state index in [9.17, 15) is 18.0 Å². The lowest BCUT2D eigenvalue weighted by molar-refractivity contribution is -0.141. The summed E-state index contributed by atoms with van der Waals surface area (Å²) in [6, 6.07) is 9.61. The van der Waals surface area contributed by atoms with E-state index in [0.717, 1.165) is 10.2 Å². The smallest absolute Gasteiger partial charge is 0.298 e. The van der Waals surface area contributed by atoms with Gasteiger partial charge in [-0.3, -0.25) is 9.48 Å². The Balaban J connectivity index is 2.13. The molecule has 0 radical (unpaired) electrons. The molecule has 21 heavy (non-hydrogen) atoms. The number of benzene rings is 1. The van der Waals surface area contributed by atoms with E-state index < -0.39 is 11.9 Å². The SMILES string of the molecule is Cn1nc(C(F)(F)F)c(C=O)c1SCCc1ccccc1. The van der Waals surface area contributed by atoms with Crippen LogP contribution >= 0.6 is 11.8 Å². The third-order valence-electron chi connectivity index (χ3n) is 2.89. The zero-order valence-electron chi connectivity index (χ0n) is 11.2. The molecule has 0 amide bonds. The molecule has 112 valence electrons. The molecule has 0 atom stereocenters. The van der Waals surface area contributed by atoms with Gasteiger partial charge in [0.25, 0.3) is 0 Å². The van der Waals surface area contributed by atoms with Crippen molar-refractivity contribution < 1.29 is 18.0 Å². The average molecular weight is 314 g/mol. The molecule has 0 aliphatic heterocycles. The lowest BCUT2D eigenvalue weighted by atomic mass is 10.2. The van der Waals surface area contributed by atoms with Crippen molar-refractivity contribution >= 4 is 18.0 Å². The Morgan fingerprint density at radius 3 is 2.52 bits per heavy atom. The van der Waals surface area contributed by atoms with E-state index in [1.165, 1.54) is 18.8 Å². The van der Waals surface area contributed by atoms with E-state index >= 15 is 0 Å². The van der Waals surface area contributed by atoms with Gasteiger partial charge in [-0.2, -0.15) is 18.3 Å². The maximum atomic E-state index is 12.8. The lowest BCUT2D eigenvalue weighted by Crippen LogP contribution is -2.09. The van der Waals surface area contributed by atoms with E-state index in [4.69, 9.17) is 0 Å². The third-order valence-corrected chi connectivity index (χ3v) is 4.05. The molecule has 0 saturated carbocycles. The largest absolute Gasteiger partial charge is 0.435 e. The van der Waals surface area contributed by atoms with Gasteiger partial charge < -0.3 is 0 Å². The van der Waals surface area contributed by atoms with Crippen LogP contribution in [0.25, 0.3) is 0 Å². The van der Waals surface area contributed by atoms with Gasteiger partial charge in [-0.05, 0) is 12.0 Å². The number of hydrogen-bond donors (Lipinski definition) is 0. The van der Waals surface area contributed by atoms with Crippen LogP contribution in [-0.2, 0) is 19.6 Å². The van der Waals surface area contributed by atoms with E-state index in [0.29, 0.717) is 12.2 Å². The highest BCUT2D eigenvalue weighted by atomic mass is 32.2. The fourth-order valence-corrected chi connectivity index (χ4v) is 2.98. The van der Waals surface area contributed by atoms with Crippen LogP contribution in [-0.4, -0.2) is 21.8 Å². The Kier molecular flexibility index (Phi) is 4.72. The number of rotatable bonds is 5. The molecule has 0 fully saturated rings. The molecule has 2 aromatic rings. The van der Waals surface area contributed by atoms with Crippen LogP contribution in [0.1, 0.15) is 21.6 Å². The molecule has 1 aromatic heterocycles. The van der Waals surface area contributed by atoms with Gasteiger partial charge >= 0.3 is 6.18 Å². The minimum absolute atomic E-state index is 0.223. The molecule has 3 nitrogen and oxygen atoms in total. The molecular weight excluding hydrogens is 301 g/mol. The van der Waals surface area contributed by atoms with Gasteiger partial charge in [0.15, 0.2) is 12.0 Å². The van der Waals surface area contributed by atoms with Crippen LogP contribution in [0.15, 0.2) is 35.4 Å². The maximum absolute atomic E-state index is 12.8. The van der Waals surface area contributed by atoms with E-state index in [2.05, 4.69) is 5.10 Å². The Morgan fingerprint density at radius 2 is 1.95 bits per heavy atom. The summed E-state index contributed by atoms with van der Waals surface area (Å²) in [6.07, 6.45) is -3.69. The summed E-state index contributed by atoms with van der Waals surface area (Å²) in [5.74, 6) is 0.571. The number of carbonyl (C=O) groups is 1. The van der Waals surface area contributed by atoms with Crippen LogP contribution < -0.4 is 0 Å². The topological polar surface area (TPSA) is 34.9 Å². The van der Waals surface area contributed by atoms with Crippen LogP contribution in [0.5, 0.6) is 0 Å². The molecule has 0 saturated heterocycles. The minimum Gasteiger partial charge on any atom is -0.298 e. The van der Waals surface area contributed by atoms with Crippen molar-refractivity contribution in [3.8, 4) is 0 Å². The standard InChI is InChI=1S/C14H13F3N2OS/c1-19-13(11(9-20)12(18-19)14(15,16)17)21-8-7-10-5-3-2-4-6-10/h2-6,9H,7-8H2,1H3. The van der Waals surface area contributed by atoms with Crippen LogP contribution in [0.4, 0.5) is 13.2 Å². The van der Waals surface area contributed by atoms with Crippen molar-refractivity contribution in [1.82, 2.24) is 9.78 Å². The van der Waals surface area contributed by atoms with Gasteiger partial charge in [-0.25, -0.2) is 0 Å². The van der Waals surface area contributed by atoms with Crippen LogP contribution in [0, 0.1) is 0 Å².